The summed E-state index contributed by atoms with van der Waals surface area (Å²) < 4.78 is 1.72. The van der Waals surface area contributed by atoms with Gasteiger partial charge in [0.2, 0.25) is 0 Å². The van der Waals surface area contributed by atoms with E-state index in [4.69, 9.17) is 5.26 Å². The van der Waals surface area contributed by atoms with E-state index in [1.807, 2.05) is 27.1 Å². The third kappa shape index (κ3) is 4.10. The Balaban J connectivity index is 2.08. The van der Waals surface area contributed by atoms with Gasteiger partial charge in [-0.3, -0.25) is 4.68 Å². The fraction of sp³-hybridized carbons (Fsp3) is 0.353. The molecule has 0 fully saturated rings. The molecule has 0 aliphatic rings. The largest absolute Gasteiger partial charge is 0.331 e. The SMILES string of the molecule is CCc1cc(C#N)ccc1NC(=O)NC(CC)c1cnn(C)c1. The van der Waals surface area contributed by atoms with E-state index < -0.39 is 0 Å². The first-order chi connectivity index (χ1) is 11.1. The van der Waals surface area contributed by atoms with E-state index in [9.17, 15) is 4.79 Å². The molecule has 120 valence electrons. The Kier molecular flexibility index (Phi) is 5.36. The Morgan fingerprint density at radius 3 is 2.78 bits per heavy atom. The Hall–Kier alpha value is -2.81. The van der Waals surface area contributed by atoms with Gasteiger partial charge in [-0.1, -0.05) is 13.8 Å². The molecule has 1 aromatic heterocycles. The second kappa shape index (κ2) is 7.45. The minimum absolute atomic E-state index is 0.0906. The summed E-state index contributed by atoms with van der Waals surface area (Å²) in [6.45, 7) is 4.00. The van der Waals surface area contributed by atoms with Gasteiger partial charge in [-0.05, 0) is 36.6 Å². The van der Waals surface area contributed by atoms with Crippen LogP contribution in [0, 0.1) is 11.3 Å². The molecule has 0 saturated heterocycles. The zero-order valence-electron chi connectivity index (χ0n) is 13.6. The quantitative estimate of drug-likeness (QED) is 0.890. The standard InChI is InChI=1S/C17H21N5O/c1-4-13-8-12(9-18)6-7-16(13)21-17(23)20-15(5-2)14-10-19-22(3)11-14/h6-8,10-11,15H,4-5H2,1-3H3,(H2,20,21,23). The summed E-state index contributed by atoms with van der Waals surface area (Å²) in [4.78, 5) is 12.3. The third-order valence-electron chi connectivity index (χ3n) is 3.70. The predicted octanol–water partition coefficient (Wildman–Crippen LogP) is 3.13. The first kappa shape index (κ1) is 16.6. The number of rotatable bonds is 5. The molecule has 0 radical (unpaired) electrons. The third-order valence-corrected chi connectivity index (χ3v) is 3.70. The normalized spacial score (nSPS) is 11.6. The van der Waals surface area contributed by atoms with E-state index in [1.165, 1.54) is 0 Å². The van der Waals surface area contributed by atoms with Crippen LogP contribution in [-0.4, -0.2) is 15.8 Å². The fourth-order valence-corrected chi connectivity index (χ4v) is 2.44. The molecule has 2 amide bonds. The highest BCUT2D eigenvalue weighted by Crippen LogP contribution is 2.19. The second-order valence-electron chi connectivity index (χ2n) is 5.34. The molecule has 0 aliphatic carbocycles. The summed E-state index contributed by atoms with van der Waals surface area (Å²) in [5.41, 5.74) is 3.23. The number of carbonyl (C=O) groups is 1. The number of anilines is 1. The van der Waals surface area contributed by atoms with Gasteiger partial charge in [0, 0.05) is 24.5 Å². The molecule has 1 heterocycles. The van der Waals surface area contributed by atoms with E-state index in [-0.39, 0.29) is 12.1 Å². The number of carbonyl (C=O) groups excluding carboxylic acids is 1. The number of hydrogen-bond acceptors (Lipinski definition) is 3. The van der Waals surface area contributed by atoms with Gasteiger partial charge in [-0.25, -0.2) is 4.79 Å². The van der Waals surface area contributed by atoms with Gasteiger partial charge >= 0.3 is 6.03 Å². The number of nitriles is 1. The average Bonchev–Trinajstić information content (AvgIpc) is 2.99. The van der Waals surface area contributed by atoms with Crippen molar-refractivity contribution in [3.63, 3.8) is 0 Å². The van der Waals surface area contributed by atoms with Crippen LogP contribution in [0.2, 0.25) is 0 Å². The van der Waals surface area contributed by atoms with Crippen LogP contribution in [0.25, 0.3) is 0 Å². The Morgan fingerprint density at radius 1 is 1.43 bits per heavy atom. The molecule has 0 spiro atoms. The topological polar surface area (TPSA) is 82.7 Å². The molecule has 1 atom stereocenters. The van der Waals surface area contributed by atoms with Crippen LogP contribution in [0.5, 0.6) is 0 Å². The Bertz CT molecular complexity index is 729. The molecule has 23 heavy (non-hydrogen) atoms. The van der Waals surface area contributed by atoms with Gasteiger partial charge in [0.15, 0.2) is 0 Å². The van der Waals surface area contributed by atoms with E-state index in [1.54, 1.807) is 29.1 Å². The molecule has 2 N–H and O–H groups in total. The second-order valence-corrected chi connectivity index (χ2v) is 5.34. The smallest absolute Gasteiger partial charge is 0.319 e. The van der Waals surface area contributed by atoms with Crippen LogP contribution in [0.3, 0.4) is 0 Å². The van der Waals surface area contributed by atoms with Gasteiger partial charge in [-0.15, -0.1) is 0 Å². The lowest BCUT2D eigenvalue weighted by Crippen LogP contribution is -2.32. The minimum atomic E-state index is -0.264. The van der Waals surface area contributed by atoms with Crippen molar-refractivity contribution in [2.24, 2.45) is 7.05 Å². The van der Waals surface area contributed by atoms with Crippen LogP contribution in [0.4, 0.5) is 10.5 Å². The van der Waals surface area contributed by atoms with E-state index in [0.29, 0.717) is 5.56 Å². The zero-order chi connectivity index (χ0) is 16.8. The lowest BCUT2D eigenvalue weighted by Gasteiger charge is -2.17. The van der Waals surface area contributed by atoms with Gasteiger partial charge in [0.1, 0.15) is 0 Å². The molecular formula is C17H21N5O. The predicted molar refractivity (Wildman–Crippen MR) is 88.9 cm³/mol. The van der Waals surface area contributed by atoms with Crippen molar-refractivity contribution in [1.82, 2.24) is 15.1 Å². The summed E-state index contributed by atoms with van der Waals surface area (Å²) in [5, 5.41) is 18.9. The van der Waals surface area contributed by atoms with Crippen LogP contribution < -0.4 is 10.6 Å². The summed E-state index contributed by atoms with van der Waals surface area (Å²) in [7, 11) is 1.85. The van der Waals surface area contributed by atoms with Crippen LogP contribution in [-0.2, 0) is 13.5 Å². The molecule has 2 rings (SSSR count). The maximum absolute atomic E-state index is 12.3. The monoisotopic (exact) mass is 311 g/mol. The minimum Gasteiger partial charge on any atom is -0.331 e. The van der Waals surface area contributed by atoms with Crippen molar-refractivity contribution < 1.29 is 4.79 Å². The van der Waals surface area contributed by atoms with Crippen molar-refractivity contribution in [3.8, 4) is 6.07 Å². The highest BCUT2D eigenvalue weighted by Gasteiger charge is 2.15. The van der Waals surface area contributed by atoms with Crippen LogP contribution in [0.15, 0.2) is 30.6 Å². The first-order valence-electron chi connectivity index (χ1n) is 7.66. The molecule has 6 heteroatoms. The fourth-order valence-electron chi connectivity index (χ4n) is 2.44. The van der Waals surface area contributed by atoms with Crippen LogP contribution >= 0.6 is 0 Å². The molecule has 6 nitrogen and oxygen atoms in total. The summed E-state index contributed by atoms with van der Waals surface area (Å²) in [5.74, 6) is 0. The summed E-state index contributed by atoms with van der Waals surface area (Å²) in [6.07, 6.45) is 5.17. The lowest BCUT2D eigenvalue weighted by atomic mass is 10.1. The number of nitrogens with zero attached hydrogens (tertiary/aromatic N) is 3. The zero-order valence-corrected chi connectivity index (χ0v) is 13.6. The molecule has 1 aromatic carbocycles. The maximum atomic E-state index is 12.3. The number of urea groups is 1. The van der Waals surface area contributed by atoms with Gasteiger partial charge in [-0.2, -0.15) is 10.4 Å². The number of aromatic nitrogens is 2. The first-order valence-corrected chi connectivity index (χ1v) is 7.66. The molecule has 1 unspecified atom stereocenters. The van der Waals surface area contributed by atoms with Crippen molar-refractivity contribution >= 4 is 11.7 Å². The van der Waals surface area contributed by atoms with Crippen molar-refractivity contribution in [2.45, 2.75) is 32.7 Å². The number of amides is 2. The molecular weight excluding hydrogens is 290 g/mol. The number of hydrogen-bond donors (Lipinski definition) is 2. The van der Waals surface area contributed by atoms with E-state index >= 15 is 0 Å². The lowest BCUT2D eigenvalue weighted by molar-refractivity contribution is 0.248. The van der Waals surface area contributed by atoms with Gasteiger partial charge in [0.05, 0.1) is 23.9 Å². The van der Waals surface area contributed by atoms with Gasteiger partial charge in [0.25, 0.3) is 0 Å². The van der Waals surface area contributed by atoms with E-state index in [2.05, 4.69) is 21.8 Å². The molecule has 0 bridgehead atoms. The van der Waals surface area contributed by atoms with E-state index in [0.717, 1.165) is 29.7 Å². The highest BCUT2D eigenvalue weighted by molar-refractivity contribution is 5.90. The average molecular weight is 311 g/mol. The number of nitrogens with one attached hydrogen (secondary N) is 2. The summed E-state index contributed by atoms with van der Waals surface area (Å²) in [6, 6.07) is 7.02. The molecule has 2 aromatic rings. The number of aryl methyl sites for hydroxylation is 2. The highest BCUT2D eigenvalue weighted by atomic mass is 16.2. The Labute approximate surface area is 136 Å². The van der Waals surface area contributed by atoms with Crippen molar-refractivity contribution in [1.29, 1.82) is 5.26 Å². The Morgan fingerprint density at radius 2 is 2.22 bits per heavy atom. The van der Waals surface area contributed by atoms with Crippen LogP contribution in [0.1, 0.15) is 43.0 Å². The van der Waals surface area contributed by atoms with Gasteiger partial charge < -0.3 is 10.6 Å². The molecule has 0 saturated carbocycles. The van der Waals surface area contributed by atoms with Crippen molar-refractivity contribution in [2.75, 3.05) is 5.32 Å². The summed E-state index contributed by atoms with van der Waals surface area (Å²) >= 11 is 0. The number of benzene rings is 1. The molecule has 0 aliphatic heterocycles. The van der Waals surface area contributed by atoms with Crippen molar-refractivity contribution in [3.05, 3.63) is 47.3 Å². The maximum Gasteiger partial charge on any atom is 0.319 e.